The van der Waals surface area contributed by atoms with E-state index in [1.54, 1.807) is 42.5 Å². The molecule has 9 N–H and O–H groups in total. The largest absolute Gasteiger partial charge is 0.505 e. The van der Waals surface area contributed by atoms with Crippen molar-refractivity contribution in [2.45, 2.75) is 19.6 Å². The minimum atomic E-state index is -4.81. The molecule has 7 rings (SSSR count). The number of hydrogen-bond acceptors (Lipinski definition) is 25. The second-order valence-corrected chi connectivity index (χ2v) is 20.1. The number of rotatable bonds is 22. The number of aromatic hydroxyl groups is 1. The molecule has 0 saturated heterocycles. The number of carbonyl (C=O) groups is 1. The van der Waals surface area contributed by atoms with Gasteiger partial charge in [-0.2, -0.15) is 36.9 Å². The molecule has 6 aromatic carbocycles. The van der Waals surface area contributed by atoms with Crippen molar-refractivity contribution in [2.24, 2.45) is 10.2 Å². The van der Waals surface area contributed by atoms with Crippen molar-refractivity contribution in [1.29, 1.82) is 0 Å². The number of phenolic OH excluding ortho intramolecular Hbond substituents is 1. The number of anilines is 7. The molecule has 0 aliphatic heterocycles. The molecule has 0 bridgehead atoms. The molecule has 0 saturated carbocycles. The van der Waals surface area contributed by atoms with Gasteiger partial charge in [0.25, 0.3) is 16.0 Å². The summed E-state index contributed by atoms with van der Waals surface area (Å²) in [6.07, 6.45) is 0. The van der Waals surface area contributed by atoms with E-state index in [2.05, 4.69) is 69.4 Å². The quantitative estimate of drug-likeness (QED) is 0.0101. The van der Waals surface area contributed by atoms with Gasteiger partial charge in [-0.15, -0.1) is 13.8 Å². The van der Waals surface area contributed by atoms with E-state index in [1.807, 2.05) is 0 Å². The van der Waals surface area contributed by atoms with Crippen LogP contribution in [0.5, 0.6) is 5.75 Å². The Labute approximate surface area is 409 Å². The number of sulfone groups is 1. The lowest BCUT2D eigenvalue weighted by atomic mass is 10.1. The molecule has 0 spiro atoms. The van der Waals surface area contributed by atoms with Gasteiger partial charge < -0.3 is 26.4 Å². The third-order valence-corrected chi connectivity index (χ3v) is 13.4. The summed E-state index contributed by atoms with van der Waals surface area (Å²) in [6, 6.07) is 29.0. The van der Waals surface area contributed by atoms with Crippen molar-refractivity contribution in [1.82, 2.24) is 15.0 Å². The molecule has 1 heterocycles. The van der Waals surface area contributed by atoms with Crippen molar-refractivity contribution >= 4 is 123 Å². The molecule has 71 heavy (non-hydrogen) atoms. The Hall–Kier alpha value is -6.95. The molecular weight excluding hydrogens is 1040 g/mol. The van der Waals surface area contributed by atoms with Crippen molar-refractivity contribution in [3.05, 3.63) is 127 Å². The van der Waals surface area contributed by atoms with Crippen LogP contribution in [-0.4, -0.2) is 83.2 Å². The van der Waals surface area contributed by atoms with Gasteiger partial charge >= 0.3 is 10.4 Å². The average Bonchev–Trinajstić information content (AvgIpc) is 3.32. The first-order valence-electron chi connectivity index (χ1n) is 19.5. The van der Waals surface area contributed by atoms with Gasteiger partial charge in [0, 0.05) is 38.6 Å². The lowest BCUT2D eigenvalue weighted by Crippen LogP contribution is -2.15. The van der Waals surface area contributed by atoms with E-state index in [9.17, 15) is 39.7 Å². The Morgan fingerprint density at radius 3 is 1.85 bits per heavy atom. The van der Waals surface area contributed by atoms with Gasteiger partial charge in [0.15, 0.2) is 15.6 Å². The first-order chi connectivity index (χ1) is 33.8. The SMILES string of the molecule is O=C(Nc1ccc(S(=O)(=O)CCOS(=O)(=O)O)cc1)c1ccc(N=Nc2c(SOOO)cc3cc(Nc4nc(Nc5cccc(SOOO)c5)nc(Nc5cccc(S(=O)(=O)O)c5)n4)ccc3c2O)cc1. The van der Waals surface area contributed by atoms with Crippen molar-refractivity contribution < 1.29 is 77.7 Å². The van der Waals surface area contributed by atoms with E-state index < -0.39 is 48.6 Å². The van der Waals surface area contributed by atoms with Gasteiger partial charge in [0.2, 0.25) is 17.8 Å². The molecule has 370 valence electrons. The zero-order valence-electron chi connectivity index (χ0n) is 35.4. The van der Waals surface area contributed by atoms with Gasteiger partial charge in [-0.3, -0.25) is 13.9 Å². The number of nitrogens with one attached hydrogen (secondary N) is 4. The minimum Gasteiger partial charge on any atom is -0.505 e. The van der Waals surface area contributed by atoms with E-state index >= 15 is 0 Å². The number of phenols is 1. The first kappa shape index (κ1) is 51.9. The van der Waals surface area contributed by atoms with E-state index in [4.69, 9.17) is 15.1 Å². The molecule has 7 aromatic rings. The van der Waals surface area contributed by atoms with Crippen LogP contribution >= 0.6 is 24.1 Å². The summed E-state index contributed by atoms with van der Waals surface area (Å²) < 4.78 is 102. The van der Waals surface area contributed by atoms with Crippen LogP contribution in [0.2, 0.25) is 0 Å². The van der Waals surface area contributed by atoms with E-state index in [0.717, 1.165) is 0 Å². The highest BCUT2D eigenvalue weighted by molar-refractivity contribution is 7.95. The fourth-order valence-corrected chi connectivity index (χ4v) is 9.02. The summed E-state index contributed by atoms with van der Waals surface area (Å²) in [6.45, 7) is -0.800. The lowest BCUT2D eigenvalue weighted by molar-refractivity contribution is -0.432. The first-order valence-corrected chi connectivity index (χ1v) is 25.4. The molecule has 0 aliphatic carbocycles. The highest BCUT2D eigenvalue weighted by Gasteiger charge is 2.19. The summed E-state index contributed by atoms with van der Waals surface area (Å²) in [5, 5.41) is 57.1. The molecule has 0 unspecified atom stereocenters. The molecule has 1 aromatic heterocycles. The van der Waals surface area contributed by atoms with Crippen LogP contribution in [-0.2, 0) is 53.3 Å². The number of azo groups is 1. The molecule has 0 atom stereocenters. The topological polar surface area (TPSA) is 378 Å². The highest BCUT2D eigenvalue weighted by atomic mass is 32.3. The van der Waals surface area contributed by atoms with Crippen LogP contribution in [0, 0.1) is 0 Å². The maximum atomic E-state index is 13.0. The number of benzene rings is 6. The third-order valence-electron chi connectivity index (χ3n) is 9.19. The Bertz CT molecular complexity index is 3450. The summed E-state index contributed by atoms with van der Waals surface area (Å²) >= 11 is 1.20. The van der Waals surface area contributed by atoms with Gasteiger partial charge in [0.05, 0.1) is 56.8 Å². The molecule has 0 aliphatic rings. The van der Waals surface area contributed by atoms with Crippen LogP contribution in [0.4, 0.5) is 52.0 Å². The van der Waals surface area contributed by atoms with Crippen LogP contribution < -0.4 is 21.3 Å². The minimum absolute atomic E-state index is 0.00355. The van der Waals surface area contributed by atoms with Gasteiger partial charge in [0.1, 0.15) is 5.69 Å². The summed E-state index contributed by atoms with van der Waals surface area (Å²) in [4.78, 5) is 26.3. The lowest BCUT2D eigenvalue weighted by Gasteiger charge is -2.13. The van der Waals surface area contributed by atoms with E-state index in [1.165, 1.54) is 78.9 Å². The highest BCUT2D eigenvalue weighted by Crippen LogP contribution is 2.45. The second-order valence-electron chi connectivity index (χ2n) is 14.0. The summed E-state index contributed by atoms with van der Waals surface area (Å²) in [5.41, 5.74) is 1.61. The molecule has 31 heteroatoms. The maximum Gasteiger partial charge on any atom is 0.397 e. The zero-order valence-corrected chi connectivity index (χ0v) is 39.5. The normalized spacial score (nSPS) is 12.0. The smallest absolute Gasteiger partial charge is 0.397 e. The van der Waals surface area contributed by atoms with Crippen molar-refractivity contribution in [3.8, 4) is 5.75 Å². The fraction of sp³-hybridized carbons (Fsp3) is 0.0500. The van der Waals surface area contributed by atoms with Crippen molar-refractivity contribution in [2.75, 3.05) is 33.6 Å². The van der Waals surface area contributed by atoms with Gasteiger partial charge in [-0.1, -0.05) is 22.2 Å². The molecule has 0 radical (unpaired) electrons. The van der Waals surface area contributed by atoms with Crippen LogP contribution in [0.3, 0.4) is 0 Å². The second kappa shape index (κ2) is 22.9. The van der Waals surface area contributed by atoms with Gasteiger partial charge in [-0.05, 0) is 115 Å². The maximum absolute atomic E-state index is 13.0. The number of fused-ring (bicyclic) bond motifs is 1. The van der Waals surface area contributed by atoms with E-state index in [-0.39, 0.29) is 72.0 Å². The van der Waals surface area contributed by atoms with E-state index in [0.29, 0.717) is 45.7 Å². The van der Waals surface area contributed by atoms with Gasteiger partial charge in [-0.25, -0.2) is 23.1 Å². The zero-order chi connectivity index (χ0) is 50.8. The van der Waals surface area contributed by atoms with Crippen LogP contribution in [0.1, 0.15) is 10.4 Å². The molecule has 0 fully saturated rings. The molecule has 26 nitrogen and oxygen atoms in total. The number of carbonyl (C=O) groups excluding carboxylic acids is 1. The Kier molecular flexibility index (Phi) is 16.7. The predicted molar refractivity (Wildman–Crippen MR) is 254 cm³/mol. The number of hydrogen-bond donors (Lipinski definition) is 9. The standard InChI is InChI=1S/C40H33N9O17S5/c50-36-33-16-13-29(44-40-46-38(42-27-3-1-5-30(21-27)67-65-63-52)45-39(47-40)43-28-4-2-6-32(22-28)70(56,57)58)19-24(33)20-34(68-66-64-53)35(36)49-48-26-9-7-23(8-10-26)37(51)41-25-11-14-31(15-12-25)69(54,55)18-17-62-71(59,60)61/h1-16,19-22,50,52-53H,17-18H2,(H,41,51)(H,56,57,58)(H,59,60,61)(H3,42,43,44,45,46,47). The third kappa shape index (κ3) is 14.6. The van der Waals surface area contributed by atoms with Crippen molar-refractivity contribution in [3.63, 3.8) is 0 Å². The summed E-state index contributed by atoms with van der Waals surface area (Å²) in [7, 11) is -13.3. The number of amides is 1. The van der Waals surface area contributed by atoms with Crippen LogP contribution in [0.25, 0.3) is 10.8 Å². The molecule has 1 amide bonds. The number of aromatic nitrogens is 3. The monoisotopic (exact) mass is 1070 g/mol. The predicted octanol–water partition coefficient (Wildman–Crippen LogP) is 8.33. The Balaban J connectivity index is 1.09. The van der Waals surface area contributed by atoms with Crippen LogP contribution in [0.15, 0.2) is 151 Å². The summed E-state index contributed by atoms with van der Waals surface area (Å²) in [5.74, 6) is -1.76. The Morgan fingerprint density at radius 2 is 1.23 bits per heavy atom. The molecular formula is C40H33N9O17S5. The number of nitrogens with zero attached hydrogens (tertiary/aromatic N) is 5. The Morgan fingerprint density at radius 1 is 0.634 bits per heavy atom. The average molecular weight is 1070 g/mol. The fourth-order valence-electron chi connectivity index (χ4n) is 6.09.